The third-order valence-corrected chi connectivity index (χ3v) is 8.16. The van der Waals surface area contributed by atoms with E-state index in [2.05, 4.69) is 16.0 Å². The third kappa shape index (κ3) is 7.62. The molecule has 1 unspecified atom stereocenters. The van der Waals surface area contributed by atoms with Crippen LogP contribution < -0.4 is 16.0 Å². The predicted octanol–water partition coefficient (Wildman–Crippen LogP) is 7.99. The summed E-state index contributed by atoms with van der Waals surface area (Å²) >= 11 is 1.39. The Morgan fingerprint density at radius 1 is 0.750 bits per heavy atom. The highest BCUT2D eigenvalue weighted by atomic mass is 32.2. The molecular formula is C37H33N3O3S. The topological polar surface area (TPSA) is 87.3 Å². The summed E-state index contributed by atoms with van der Waals surface area (Å²) in [5.41, 5.74) is 4.82. The molecule has 6 nitrogen and oxygen atoms in total. The number of carbonyl (C=O) groups excluding carboxylic acids is 3. The molecular weight excluding hydrogens is 566 g/mol. The number of anilines is 2. The van der Waals surface area contributed by atoms with Gasteiger partial charge in [0.2, 0.25) is 5.91 Å². The number of rotatable bonds is 9. The zero-order valence-electron chi connectivity index (χ0n) is 24.8. The van der Waals surface area contributed by atoms with Crippen LogP contribution in [-0.4, -0.2) is 23.0 Å². The van der Waals surface area contributed by atoms with E-state index in [-0.39, 0.29) is 22.8 Å². The molecule has 0 aromatic heterocycles. The van der Waals surface area contributed by atoms with E-state index in [1.165, 1.54) is 11.8 Å². The van der Waals surface area contributed by atoms with Gasteiger partial charge in [-0.05, 0) is 85.1 Å². The van der Waals surface area contributed by atoms with Gasteiger partial charge in [0.1, 0.15) is 5.70 Å². The molecule has 0 fully saturated rings. The van der Waals surface area contributed by atoms with Gasteiger partial charge in [-0.15, -0.1) is 11.8 Å². The van der Waals surface area contributed by atoms with Crippen molar-refractivity contribution in [2.75, 3.05) is 10.6 Å². The van der Waals surface area contributed by atoms with Gasteiger partial charge in [-0.1, -0.05) is 84.4 Å². The minimum atomic E-state index is -0.468. The van der Waals surface area contributed by atoms with Gasteiger partial charge in [-0.25, -0.2) is 0 Å². The summed E-state index contributed by atoms with van der Waals surface area (Å²) in [5.74, 6) is -0.967. The van der Waals surface area contributed by atoms with Crippen LogP contribution in [0.25, 0.3) is 16.8 Å². The largest absolute Gasteiger partial charge is 0.325 e. The van der Waals surface area contributed by atoms with Crippen LogP contribution >= 0.6 is 11.8 Å². The molecule has 0 aliphatic heterocycles. The molecule has 0 saturated heterocycles. The summed E-state index contributed by atoms with van der Waals surface area (Å²) in [5, 5.41) is 10.3. The van der Waals surface area contributed by atoms with E-state index < -0.39 is 5.91 Å². The highest BCUT2D eigenvalue weighted by Gasteiger charge is 2.18. The molecule has 7 heteroatoms. The lowest BCUT2D eigenvalue weighted by Crippen LogP contribution is -2.30. The van der Waals surface area contributed by atoms with Crippen molar-refractivity contribution in [2.24, 2.45) is 0 Å². The Hall–Kier alpha value is -5.14. The van der Waals surface area contributed by atoms with Crippen molar-refractivity contribution >= 4 is 57.7 Å². The van der Waals surface area contributed by atoms with Crippen LogP contribution in [0, 0.1) is 13.8 Å². The SMILES string of the molecule is Cc1ccc(NC(=O)C(C)Sc2cccc(NC(=O)/C(=C\c3cccc4ccccc34)NC(=O)c3ccccc3)c2)c(C)c1. The number of benzene rings is 5. The van der Waals surface area contributed by atoms with E-state index >= 15 is 0 Å². The normalized spacial score (nSPS) is 11.9. The van der Waals surface area contributed by atoms with Crippen LogP contribution in [0.1, 0.15) is 34.0 Å². The fourth-order valence-electron chi connectivity index (χ4n) is 4.77. The van der Waals surface area contributed by atoms with Crippen molar-refractivity contribution in [3.05, 3.63) is 143 Å². The maximum absolute atomic E-state index is 13.7. The quantitative estimate of drug-likeness (QED) is 0.118. The van der Waals surface area contributed by atoms with Crippen LogP contribution in [0.15, 0.2) is 126 Å². The number of hydrogen-bond acceptors (Lipinski definition) is 4. The van der Waals surface area contributed by atoms with E-state index in [4.69, 9.17) is 0 Å². The Balaban J connectivity index is 1.35. The summed E-state index contributed by atoms with van der Waals surface area (Å²) in [4.78, 5) is 40.5. The lowest BCUT2D eigenvalue weighted by Gasteiger charge is -2.15. The van der Waals surface area contributed by atoms with Crippen LogP contribution in [0.5, 0.6) is 0 Å². The Morgan fingerprint density at radius 3 is 2.27 bits per heavy atom. The Kier molecular flexibility index (Phi) is 9.57. The molecule has 0 saturated carbocycles. The highest BCUT2D eigenvalue weighted by Crippen LogP contribution is 2.28. The molecule has 0 spiro atoms. The van der Waals surface area contributed by atoms with Crippen molar-refractivity contribution in [3.8, 4) is 0 Å². The highest BCUT2D eigenvalue weighted by molar-refractivity contribution is 8.00. The molecule has 5 aromatic carbocycles. The lowest BCUT2D eigenvalue weighted by atomic mass is 10.0. The smallest absolute Gasteiger partial charge is 0.272 e. The van der Waals surface area contributed by atoms with Gasteiger partial charge in [-0.2, -0.15) is 0 Å². The molecule has 0 heterocycles. The monoisotopic (exact) mass is 599 g/mol. The first kappa shape index (κ1) is 30.3. The van der Waals surface area contributed by atoms with Gasteiger partial charge in [0.25, 0.3) is 11.8 Å². The maximum Gasteiger partial charge on any atom is 0.272 e. The summed E-state index contributed by atoms with van der Waals surface area (Å²) in [6, 6.07) is 35.7. The standard InChI is InChI=1S/C37H33N3O3S/c1-24-19-20-33(25(2)21-24)39-35(41)26(3)44-31-17-10-16-30(23-31)38-37(43)34(40-36(42)28-12-5-4-6-13-28)22-29-15-9-14-27-11-7-8-18-32(27)29/h4-23,26H,1-3H3,(H,38,43)(H,39,41)(H,40,42)/b34-22+. The second kappa shape index (κ2) is 13.9. The third-order valence-electron chi connectivity index (χ3n) is 7.07. The molecule has 5 aromatic rings. The lowest BCUT2D eigenvalue weighted by molar-refractivity contribution is -0.115. The van der Waals surface area contributed by atoms with Crippen LogP contribution in [0.2, 0.25) is 0 Å². The summed E-state index contributed by atoms with van der Waals surface area (Å²) in [7, 11) is 0. The number of carbonyl (C=O) groups is 3. The van der Waals surface area contributed by atoms with Crippen molar-refractivity contribution in [2.45, 2.75) is 30.9 Å². The molecule has 0 aliphatic carbocycles. The Labute approximate surface area is 261 Å². The number of nitrogens with one attached hydrogen (secondary N) is 3. The van der Waals surface area contributed by atoms with Crippen molar-refractivity contribution < 1.29 is 14.4 Å². The summed E-state index contributed by atoms with van der Waals surface area (Å²) in [6.45, 7) is 5.83. The fourth-order valence-corrected chi connectivity index (χ4v) is 5.69. The van der Waals surface area contributed by atoms with Gasteiger partial charge in [0.05, 0.1) is 5.25 Å². The number of aryl methyl sites for hydroxylation is 2. The first-order valence-corrected chi connectivity index (χ1v) is 15.2. The molecule has 0 bridgehead atoms. The minimum Gasteiger partial charge on any atom is -0.325 e. The fraction of sp³-hybridized carbons (Fsp3) is 0.108. The van der Waals surface area contributed by atoms with Crippen LogP contribution in [0.3, 0.4) is 0 Å². The molecule has 0 aliphatic rings. The van der Waals surface area contributed by atoms with E-state index in [0.717, 1.165) is 38.0 Å². The second-order valence-electron chi connectivity index (χ2n) is 10.5. The van der Waals surface area contributed by atoms with E-state index in [1.54, 1.807) is 36.4 Å². The number of amides is 3. The Morgan fingerprint density at radius 2 is 1.48 bits per heavy atom. The molecule has 44 heavy (non-hydrogen) atoms. The number of fused-ring (bicyclic) bond motifs is 1. The van der Waals surface area contributed by atoms with Gasteiger partial charge in [-0.3, -0.25) is 14.4 Å². The van der Waals surface area contributed by atoms with Gasteiger partial charge < -0.3 is 16.0 Å². The molecule has 3 N–H and O–H groups in total. The van der Waals surface area contributed by atoms with Crippen molar-refractivity contribution in [3.63, 3.8) is 0 Å². The molecule has 220 valence electrons. The molecule has 1 atom stereocenters. The van der Waals surface area contributed by atoms with Crippen molar-refractivity contribution in [1.82, 2.24) is 5.32 Å². The van der Waals surface area contributed by atoms with E-state index in [9.17, 15) is 14.4 Å². The zero-order valence-corrected chi connectivity index (χ0v) is 25.6. The maximum atomic E-state index is 13.7. The predicted molar refractivity (Wildman–Crippen MR) is 181 cm³/mol. The molecule has 5 rings (SSSR count). The first-order valence-electron chi connectivity index (χ1n) is 14.3. The van der Waals surface area contributed by atoms with Crippen LogP contribution in [-0.2, 0) is 9.59 Å². The number of thioether (sulfide) groups is 1. The van der Waals surface area contributed by atoms with Crippen LogP contribution in [0.4, 0.5) is 11.4 Å². The minimum absolute atomic E-state index is 0.106. The molecule has 3 amide bonds. The number of hydrogen-bond donors (Lipinski definition) is 3. The van der Waals surface area contributed by atoms with Gasteiger partial charge in [0.15, 0.2) is 0 Å². The van der Waals surface area contributed by atoms with Gasteiger partial charge in [0, 0.05) is 21.8 Å². The average Bonchev–Trinajstić information content (AvgIpc) is 3.02. The molecule has 0 radical (unpaired) electrons. The van der Waals surface area contributed by atoms with E-state index in [0.29, 0.717) is 11.3 Å². The van der Waals surface area contributed by atoms with E-state index in [1.807, 2.05) is 106 Å². The first-order chi connectivity index (χ1) is 21.3. The van der Waals surface area contributed by atoms with Gasteiger partial charge >= 0.3 is 0 Å². The average molecular weight is 600 g/mol. The zero-order chi connectivity index (χ0) is 31.1. The Bertz CT molecular complexity index is 1860. The summed E-state index contributed by atoms with van der Waals surface area (Å²) < 4.78 is 0. The summed E-state index contributed by atoms with van der Waals surface area (Å²) in [6.07, 6.45) is 1.69. The van der Waals surface area contributed by atoms with Crippen molar-refractivity contribution in [1.29, 1.82) is 0 Å². The second-order valence-corrected chi connectivity index (χ2v) is 11.9.